The molecule has 0 amide bonds. The number of halogens is 4. The van der Waals surface area contributed by atoms with Crippen LogP contribution in [0.25, 0.3) is 0 Å². The smallest absolute Gasteiger partial charge is 0.126 e. The van der Waals surface area contributed by atoms with E-state index in [4.69, 9.17) is 5.84 Å². The number of hydrogen-bond acceptors (Lipinski definition) is 2. The molecule has 0 heterocycles. The van der Waals surface area contributed by atoms with Gasteiger partial charge in [0.25, 0.3) is 0 Å². The van der Waals surface area contributed by atoms with E-state index < -0.39 is 17.7 Å². The minimum atomic E-state index is -0.688. The number of benzene rings is 2. The molecule has 0 fully saturated rings. The molecule has 0 radical (unpaired) electrons. The highest BCUT2D eigenvalue weighted by Gasteiger charge is 2.17. The van der Waals surface area contributed by atoms with E-state index in [0.29, 0.717) is 14.7 Å². The van der Waals surface area contributed by atoms with Gasteiger partial charge >= 0.3 is 0 Å². The van der Waals surface area contributed by atoms with Crippen molar-refractivity contribution in [3.8, 4) is 0 Å². The maximum Gasteiger partial charge on any atom is 0.126 e. The highest BCUT2D eigenvalue weighted by Crippen LogP contribution is 2.27. The van der Waals surface area contributed by atoms with E-state index >= 15 is 0 Å². The van der Waals surface area contributed by atoms with Crippen molar-refractivity contribution in [3.63, 3.8) is 0 Å². The maximum absolute atomic E-state index is 13.2. The molecule has 2 aromatic rings. The Hall–Kier alpha value is -1.12. The highest BCUT2D eigenvalue weighted by atomic mass is 127. The molecule has 0 aliphatic heterocycles. The fourth-order valence-corrected chi connectivity index (χ4v) is 2.63. The monoisotopic (exact) mass is 378 g/mol. The lowest BCUT2D eigenvalue weighted by Gasteiger charge is -2.18. The van der Waals surface area contributed by atoms with E-state index in [-0.39, 0.29) is 5.82 Å². The van der Waals surface area contributed by atoms with Crippen molar-refractivity contribution >= 4 is 22.6 Å². The van der Waals surface area contributed by atoms with Crippen molar-refractivity contribution in [1.82, 2.24) is 5.43 Å². The molecule has 2 nitrogen and oxygen atoms in total. The van der Waals surface area contributed by atoms with Gasteiger partial charge in [-0.3, -0.25) is 5.84 Å². The molecule has 0 saturated heterocycles. The van der Waals surface area contributed by atoms with Gasteiger partial charge in [0, 0.05) is 9.64 Å². The highest BCUT2D eigenvalue weighted by molar-refractivity contribution is 14.1. The first-order valence-corrected chi connectivity index (χ1v) is 6.46. The van der Waals surface area contributed by atoms with Gasteiger partial charge in [-0.2, -0.15) is 0 Å². The summed E-state index contributed by atoms with van der Waals surface area (Å²) in [5.74, 6) is 3.70. The van der Waals surface area contributed by atoms with E-state index in [2.05, 4.69) is 5.43 Å². The van der Waals surface area contributed by atoms with Crippen LogP contribution in [-0.2, 0) is 0 Å². The molecule has 2 rings (SSSR count). The summed E-state index contributed by atoms with van der Waals surface area (Å²) in [5, 5.41) is 0. The molecule has 0 aliphatic rings. The van der Waals surface area contributed by atoms with Gasteiger partial charge in [-0.15, -0.1) is 0 Å². The van der Waals surface area contributed by atoms with Crippen LogP contribution >= 0.6 is 22.6 Å². The number of nitrogens with one attached hydrogen (secondary N) is 1. The molecule has 3 N–H and O–H groups in total. The van der Waals surface area contributed by atoms with Crippen molar-refractivity contribution in [3.05, 3.63) is 68.5 Å². The topological polar surface area (TPSA) is 38.0 Å². The summed E-state index contributed by atoms with van der Waals surface area (Å²) in [4.78, 5) is 0. The number of hydrogen-bond donors (Lipinski definition) is 2. The van der Waals surface area contributed by atoms with Crippen LogP contribution in [0.15, 0.2) is 36.4 Å². The maximum atomic E-state index is 13.2. The first kappa shape index (κ1) is 14.3. The van der Waals surface area contributed by atoms with Crippen LogP contribution in [-0.4, -0.2) is 0 Å². The molecule has 0 aromatic heterocycles. The van der Waals surface area contributed by atoms with Gasteiger partial charge in [0.2, 0.25) is 0 Å². The van der Waals surface area contributed by atoms with Gasteiger partial charge in [0.15, 0.2) is 0 Å². The van der Waals surface area contributed by atoms with Crippen LogP contribution in [0.3, 0.4) is 0 Å². The lowest BCUT2D eigenvalue weighted by atomic mass is 9.99. The van der Waals surface area contributed by atoms with Gasteiger partial charge < -0.3 is 0 Å². The van der Waals surface area contributed by atoms with E-state index in [0.717, 1.165) is 6.07 Å². The average Bonchev–Trinajstić information content (AvgIpc) is 2.31. The van der Waals surface area contributed by atoms with E-state index in [1.54, 1.807) is 0 Å². The normalized spacial score (nSPS) is 12.5. The van der Waals surface area contributed by atoms with E-state index in [1.165, 1.54) is 30.3 Å². The molecule has 1 unspecified atom stereocenters. The molecule has 1 atom stereocenters. The Kier molecular flexibility index (Phi) is 4.43. The predicted octanol–water partition coefficient (Wildman–Crippen LogP) is 3.26. The van der Waals surface area contributed by atoms with Crippen LogP contribution in [0.5, 0.6) is 0 Å². The van der Waals surface area contributed by atoms with Crippen molar-refractivity contribution in [1.29, 1.82) is 0 Å². The zero-order chi connectivity index (χ0) is 14.0. The molecule has 0 aliphatic carbocycles. The summed E-state index contributed by atoms with van der Waals surface area (Å²) >= 11 is 1.95. The van der Waals surface area contributed by atoms with Gasteiger partial charge in [0.05, 0.1) is 6.04 Å². The van der Waals surface area contributed by atoms with Gasteiger partial charge in [-0.05, 0) is 58.0 Å². The van der Waals surface area contributed by atoms with Gasteiger partial charge in [-0.1, -0.05) is 6.07 Å². The molecule has 0 saturated carbocycles. The van der Waals surface area contributed by atoms with Crippen molar-refractivity contribution < 1.29 is 13.2 Å². The summed E-state index contributed by atoms with van der Waals surface area (Å²) in [5.41, 5.74) is 3.47. The summed E-state index contributed by atoms with van der Waals surface area (Å²) in [6.07, 6.45) is 0. The second-order valence-electron chi connectivity index (χ2n) is 3.97. The largest absolute Gasteiger partial charge is 0.271 e. The number of nitrogens with two attached hydrogens (primary N) is 1. The summed E-state index contributed by atoms with van der Waals surface area (Å²) < 4.78 is 40.2. The standard InChI is InChI=1S/C13H10F3IN2/c14-8-1-2-11(12(17)6-8)13(19-18)7-3-9(15)5-10(16)4-7/h1-6,13,19H,18H2. The average molecular weight is 378 g/mol. The zero-order valence-corrected chi connectivity index (χ0v) is 11.8. The Morgan fingerprint density at radius 2 is 1.58 bits per heavy atom. The number of hydrazine groups is 1. The fourth-order valence-electron chi connectivity index (χ4n) is 1.84. The zero-order valence-electron chi connectivity index (χ0n) is 9.63. The van der Waals surface area contributed by atoms with Crippen molar-refractivity contribution in [2.45, 2.75) is 6.04 Å². The molecular weight excluding hydrogens is 368 g/mol. The molecule has 19 heavy (non-hydrogen) atoms. The van der Waals surface area contributed by atoms with Crippen LogP contribution < -0.4 is 11.3 Å². The Labute approximate surface area is 121 Å². The molecule has 0 bridgehead atoms. The lowest BCUT2D eigenvalue weighted by molar-refractivity contribution is 0.564. The molecule has 0 spiro atoms. The van der Waals surface area contributed by atoms with Crippen molar-refractivity contribution in [2.24, 2.45) is 5.84 Å². The molecule has 2 aromatic carbocycles. The third-order valence-corrected chi connectivity index (χ3v) is 3.59. The second kappa shape index (κ2) is 5.89. The first-order valence-electron chi connectivity index (χ1n) is 5.38. The Morgan fingerprint density at radius 3 is 2.11 bits per heavy atom. The Morgan fingerprint density at radius 1 is 0.947 bits per heavy atom. The predicted molar refractivity (Wildman–Crippen MR) is 74.6 cm³/mol. The molecular formula is C13H10F3IN2. The summed E-state index contributed by atoms with van der Waals surface area (Å²) in [6.45, 7) is 0. The second-order valence-corrected chi connectivity index (χ2v) is 5.13. The SMILES string of the molecule is NNC(c1cc(F)cc(F)c1)c1ccc(F)cc1I. The summed E-state index contributed by atoms with van der Waals surface area (Å²) in [6, 6.07) is 6.68. The van der Waals surface area contributed by atoms with Crippen LogP contribution in [0.2, 0.25) is 0 Å². The molecule has 6 heteroatoms. The minimum absolute atomic E-state index is 0.338. The quantitative estimate of drug-likeness (QED) is 0.489. The number of rotatable bonds is 3. The third-order valence-electron chi connectivity index (χ3n) is 2.66. The Balaban J connectivity index is 2.49. The minimum Gasteiger partial charge on any atom is -0.271 e. The third kappa shape index (κ3) is 3.26. The van der Waals surface area contributed by atoms with E-state index in [9.17, 15) is 13.2 Å². The van der Waals surface area contributed by atoms with Crippen molar-refractivity contribution in [2.75, 3.05) is 0 Å². The molecule has 100 valence electrons. The van der Waals surface area contributed by atoms with Crippen LogP contribution in [0.4, 0.5) is 13.2 Å². The summed E-state index contributed by atoms with van der Waals surface area (Å²) in [7, 11) is 0. The van der Waals surface area contributed by atoms with Gasteiger partial charge in [-0.25, -0.2) is 18.6 Å². The van der Waals surface area contributed by atoms with Crippen LogP contribution in [0, 0.1) is 21.0 Å². The lowest BCUT2D eigenvalue weighted by Crippen LogP contribution is -2.29. The van der Waals surface area contributed by atoms with Gasteiger partial charge in [0.1, 0.15) is 17.5 Å². The van der Waals surface area contributed by atoms with E-state index in [1.807, 2.05) is 22.6 Å². The van der Waals surface area contributed by atoms with Crippen LogP contribution in [0.1, 0.15) is 17.2 Å². The Bertz CT molecular complexity index is 584. The fraction of sp³-hybridized carbons (Fsp3) is 0.0769. The first-order chi connectivity index (χ1) is 9.01.